The van der Waals surface area contributed by atoms with E-state index in [-0.39, 0.29) is 47.7 Å². The number of amides is 7. The molecule has 50 heavy (non-hydrogen) atoms. The number of hydrogen-bond donors (Lipinski definition) is 4. The Morgan fingerprint density at radius 1 is 1.22 bits per heavy atom. The molecule has 1 aromatic rings. The Morgan fingerprint density at radius 2 is 1.96 bits per heavy atom. The number of esters is 1. The van der Waals surface area contributed by atoms with E-state index in [1.165, 1.54) is 5.38 Å². The van der Waals surface area contributed by atoms with Gasteiger partial charge in [-0.3, -0.25) is 30.0 Å². The van der Waals surface area contributed by atoms with Crippen molar-refractivity contribution in [3.63, 3.8) is 0 Å². The minimum Gasteiger partial charge on any atom is -0.477 e. The second-order valence-corrected chi connectivity index (χ2v) is 13.7. The van der Waals surface area contributed by atoms with Gasteiger partial charge in [0, 0.05) is 29.7 Å². The van der Waals surface area contributed by atoms with E-state index in [9.17, 15) is 38.7 Å². The van der Waals surface area contributed by atoms with E-state index in [1.807, 2.05) is 0 Å². The number of carboxylic acids is 1. The lowest BCUT2D eigenvalue weighted by Gasteiger charge is -2.52. The Kier molecular flexibility index (Phi) is 10.1. The van der Waals surface area contributed by atoms with Crippen molar-refractivity contribution in [2.45, 2.75) is 44.7 Å². The monoisotopic (exact) mass is 733 g/mol. The van der Waals surface area contributed by atoms with E-state index in [4.69, 9.17) is 19.6 Å². The van der Waals surface area contributed by atoms with Gasteiger partial charge in [0.05, 0.1) is 13.1 Å². The summed E-state index contributed by atoms with van der Waals surface area (Å²) in [6.07, 6.45) is 2.38. The van der Waals surface area contributed by atoms with Gasteiger partial charge in [0.15, 0.2) is 11.2 Å². The zero-order valence-corrected chi connectivity index (χ0v) is 28.6. The maximum Gasteiger partial charge on any atom is 0.413 e. The number of carbonyl (C=O) groups excluding carboxylic acids is 6. The van der Waals surface area contributed by atoms with Crippen LogP contribution < -0.4 is 10.7 Å². The lowest BCUT2D eigenvalue weighted by Crippen LogP contribution is -2.75. The van der Waals surface area contributed by atoms with Gasteiger partial charge in [-0.15, -0.1) is 28.2 Å². The lowest BCUT2D eigenvalue weighted by atomic mass is 10.0. The van der Waals surface area contributed by atoms with Gasteiger partial charge in [0.2, 0.25) is 5.90 Å². The van der Waals surface area contributed by atoms with Crippen LogP contribution in [-0.4, -0.2) is 132 Å². The van der Waals surface area contributed by atoms with Crippen molar-refractivity contribution in [1.82, 2.24) is 30.2 Å². The molecule has 20 nitrogen and oxygen atoms in total. The minimum atomic E-state index is -1.54. The number of carbonyl (C=O) groups is 7. The summed E-state index contributed by atoms with van der Waals surface area (Å²) in [6.45, 7) is 5.80. The number of hydrogen-bond acceptors (Lipinski definition) is 15. The number of thiazole rings is 1. The molecule has 22 heteroatoms. The Morgan fingerprint density at radius 3 is 2.60 bits per heavy atom. The van der Waals surface area contributed by atoms with Crippen LogP contribution in [0.2, 0.25) is 0 Å². The number of hydrazine groups is 1. The van der Waals surface area contributed by atoms with Crippen LogP contribution in [0.1, 0.15) is 33.4 Å². The number of urea groups is 2. The molecule has 2 saturated heterocycles. The van der Waals surface area contributed by atoms with Crippen LogP contribution >= 0.6 is 23.1 Å². The van der Waals surface area contributed by atoms with E-state index in [0.29, 0.717) is 5.01 Å². The highest BCUT2D eigenvalue weighted by atomic mass is 32.2. The number of rotatable bonds is 8. The summed E-state index contributed by atoms with van der Waals surface area (Å²) in [6, 6.07) is -3.53. The van der Waals surface area contributed by atoms with E-state index in [1.54, 1.807) is 32.9 Å². The van der Waals surface area contributed by atoms with Gasteiger partial charge >= 0.3 is 30.1 Å². The topological polar surface area (TPSA) is 254 Å². The highest BCUT2D eigenvalue weighted by Crippen LogP contribution is 2.42. The van der Waals surface area contributed by atoms with Crippen LogP contribution in [0.4, 0.5) is 19.5 Å². The summed E-state index contributed by atoms with van der Waals surface area (Å²) >= 11 is 1.90. The number of fused-ring (bicyclic) bond motifs is 1. The Hall–Kier alpha value is -5.51. The summed E-state index contributed by atoms with van der Waals surface area (Å²) < 4.78 is 15.4. The summed E-state index contributed by atoms with van der Waals surface area (Å²) in [4.78, 5) is 95.6. The van der Waals surface area contributed by atoms with Crippen LogP contribution in [0, 0.1) is 5.41 Å². The van der Waals surface area contributed by atoms with Gasteiger partial charge in [-0.2, -0.15) is 0 Å². The highest BCUT2D eigenvalue weighted by Gasteiger charge is 2.58. The van der Waals surface area contributed by atoms with Crippen molar-refractivity contribution >= 4 is 81.7 Å². The highest BCUT2D eigenvalue weighted by molar-refractivity contribution is 8.00. The van der Waals surface area contributed by atoms with Gasteiger partial charge in [-0.25, -0.2) is 44.5 Å². The van der Waals surface area contributed by atoms with Crippen LogP contribution in [0.15, 0.2) is 33.9 Å². The fourth-order valence-electron chi connectivity index (χ4n) is 4.86. The van der Waals surface area contributed by atoms with Crippen LogP contribution in [0.25, 0.3) is 0 Å². The molecule has 5 rings (SSSR count). The number of hydrazone groups is 1. The minimum absolute atomic E-state index is 0.0156. The number of imide groups is 1. The smallest absolute Gasteiger partial charge is 0.413 e. The molecule has 0 aromatic carbocycles. The molecular weight excluding hydrogens is 702 g/mol. The molecule has 4 aliphatic heterocycles. The molecular formula is C28H31N9O11S2. The predicted octanol–water partition coefficient (Wildman–Crippen LogP) is 1.13. The van der Waals surface area contributed by atoms with E-state index < -0.39 is 76.9 Å². The Balaban J connectivity index is 1.40. The van der Waals surface area contributed by atoms with Crippen LogP contribution in [0.5, 0.6) is 0 Å². The van der Waals surface area contributed by atoms with Crippen molar-refractivity contribution in [3.05, 3.63) is 34.5 Å². The first kappa shape index (κ1) is 35.8. The number of β-lactam (4-membered cyclic amide) rings is 1. The van der Waals surface area contributed by atoms with Crippen molar-refractivity contribution < 1.29 is 52.9 Å². The first-order valence-electron chi connectivity index (χ1n) is 14.7. The van der Waals surface area contributed by atoms with E-state index in [2.05, 4.69) is 20.8 Å². The average Bonchev–Trinajstić information content (AvgIpc) is 3.80. The molecule has 0 bridgehead atoms. The maximum absolute atomic E-state index is 13.9. The molecule has 0 aliphatic carbocycles. The first-order chi connectivity index (χ1) is 23.6. The molecule has 7 amide bonds. The summed E-state index contributed by atoms with van der Waals surface area (Å²) in [7, 11) is 0. The van der Waals surface area contributed by atoms with Gasteiger partial charge in [0.1, 0.15) is 41.3 Å². The molecule has 0 radical (unpaired) electrons. The van der Waals surface area contributed by atoms with Gasteiger partial charge < -0.3 is 19.3 Å². The average molecular weight is 734 g/mol. The quantitative estimate of drug-likeness (QED) is 0.127. The second-order valence-electron chi connectivity index (χ2n) is 11.7. The predicted molar refractivity (Wildman–Crippen MR) is 174 cm³/mol. The van der Waals surface area contributed by atoms with Crippen molar-refractivity contribution in [2.75, 3.05) is 37.4 Å². The number of anilines is 1. The number of aliphatic carboxylic acids is 1. The number of nitrogens with zero attached hydrogens (tertiary/aromatic N) is 6. The van der Waals surface area contributed by atoms with E-state index >= 15 is 0 Å². The Labute approximate surface area is 291 Å². The van der Waals surface area contributed by atoms with Gasteiger partial charge in [-0.1, -0.05) is 0 Å². The zero-order chi connectivity index (χ0) is 36.5. The third kappa shape index (κ3) is 7.54. The molecule has 4 N–H and O–H groups in total. The van der Waals surface area contributed by atoms with Gasteiger partial charge in [0.25, 0.3) is 11.8 Å². The Bertz CT molecular complexity index is 1770. The number of ether oxygens (including phenoxy) is 3. The fraction of sp³-hybridized carbons (Fsp3) is 0.429. The van der Waals surface area contributed by atoms with Crippen molar-refractivity contribution in [3.8, 4) is 0 Å². The number of aromatic nitrogens is 1. The number of nitrogens with one attached hydrogen (secondary N) is 3. The van der Waals surface area contributed by atoms with Crippen molar-refractivity contribution in [1.29, 1.82) is 5.41 Å². The standard InChI is InChI=1S/C28H31N9O11S2/c1-13(38)47-10-14-11-49-22-19(21(40)36(22)18(14)23(41)42)37(33-25(43)34-7-8-35(27(34)45)32-16-6-5-9-46-16)20(39)17(29)15-12-50-24(30-15)31-26(44)48-28(2,3)4/h5-6,12,19,22,29H,7-11H2,1-4H3,(H,33,43)(H,41,42)(H,30,31,44)/t19?,22-/m0/s1. The van der Waals surface area contributed by atoms with Crippen molar-refractivity contribution in [2.24, 2.45) is 5.10 Å². The molecule has 2 fully saturated rings. The first-order valence-corrected chi connectivity index (χ1v) is 16.7. The number of carboxylic acid groups (broad SMARTS) is 1. The molecule has 0 spiro atoms. The lowest BCUT2D eigenvalue weighted by molar-refractivity contribution is -0.160. The molecule has 5 heterocycles. The largest absolute Gasteiger partial charge is 0.477 e. The SMILES string of the molecule is CC(=O)OCC1=C(C(=O)O)N2C(=O)C(N(NC(=O)N3CCN(N=C4C=CCO4)C3=O)C(=O)C(=N)c3csc(NC(=O)OC(C)(C)C)n3)[C@@H]2SC1. The van der Waals surface area contributed by atoms with Crippen LogP contribution in [0.3, 0.4) is 0 Å². The molecule has 0 saturated carbocycles. The molecule has 1 unspecified atom stereocenters. The third-order valence-corrected chi connectivity index (χ3v) is 9.09. The van der Waals surface area contributed by atoms with Gasteiger partial charge in [-0.05, 0) is 26.8 Å². The second kappa shape index (κ2) is 14.2. The zero-order valence-electron chi connectivity index (χ0n) is 27.0. The molecule has 1 aromatic heterocycles. The normalized spacial score (nSPS) is 20.6. The molecule has 266 valence electrons. The maximum atomic E-state index is 13.9. The summed E-state index contributed by atoms with van der Waals surface area (Å²) in [5.41, 5.74) is 0.0927. The molecule has 4 aliphatic rings. The van der Waals surface area contributed by atoms with Crippen LogP contribution in [-0.2, 0) is 33.4 Å². The fourth-order valence-corrected chi connectivity index (χ4v) is 6.92. The third-order valence-electron chi connectivity index (χ3n) is 7.01. The summed E-state index contributed by atoms with van der Waals surface area (Å²) in [5.74, 6) is -4.18. The summed E-state index contributed by atoms with van der Waals surface area (Å²) in [5, 5.41) is 26.8. The molecule has 2 atom stereocenters. The number of thioether (sulfide) groups is 1. The van der Waals surface area contributed by atoms with E-state index in [0.717, 1.165) is 44.8 Å².